The van der Waals surface area contributed by atoms with Crippen molar-refractivity contribution in [3.05, 3.63) is 0 Å². The Hall–Kier alpha value is -0.780. The summed E-state index contributed by atoms with van der Waals surface area (Å²) in [5, 5.41) is 1.97. The van der Waals surface area contributed by atoms with Crippen LogP contribution < -0.4 is 5.32 Å². The van der Waals surface area contributed by atoms with E-state index in [0.29, 0.717) is 12.5 Å². The summed E-state index contributed by atoms with van der Waals surface area (Å²) in [5.74, 6) is -0.192. The molecule has 6 heteroatoms. The molecule has 0 aromatic carbocycles. The minimum absolute atomic E-state index is 0.340. The van der Waals surface area contributed by atoms with Gasteiger partial charge in [-0.1, -0.05) is 0 Å². The Bertz CT molecular complexity index is 201. The fourth-order valence-electron chi connectivity index (χ4n) is 0.853. The van der Waals surface area contributed by atoms with Crippen molar-refractivity contribution in [2.24, 2.45) is 5.92 Å². The van der Waals surface area contributed by atoms with E-state index in [1.807, 2.05) is 5.32 Å². The summed E-state index contributed by atoms with van der Waals surface area (Å²) in [6.45, 7) is -1.20. The molecule has 0 aliphatic heterocycles. The zero-order valence-corrected chi connectivity index (χ0v) is 7.56. The maximum absolute atomic E-state index is 11.6. The third-order valence-corrected chi connectivity index (χ3v) is 1.77. The van der Waals surface area contributed by atoms with Gasteiger partial charge in [0.2, 0.25) is 0 Å². The summed E-state index contributed by atoms with van der Waals surface area (Å²) in [6, 6.07) is 0. The number of hydrogen-bond donors (Lipinski definition) is 1. The second-order valence-electron chi connectivity index (χ2n) is 3.35. The molecule has 0 radical (unpaired) electrons. The van der Waals surface area contributed by atoms with Crippen LogP contribution in [0.4, 0.5) is 13.2 Å². The Morgan fingerprint density at radius 2 is 2.07 bits per heavy atom. The average Bonchev–Trinajstić information content (AvgIpc) is 2.81. The van der Waals surface area contributed by atoms with Crippen molar-refractivity contribution in [3.8, 4) is 0 Å². The quantitative estimate of drug-likeness (QED) is 0.692. The highest BCUT2D eigenvalue weighted by Gasteiger charge is 2.27. The van der Waals surface area contributed by atoms with Crippen molar-refractivity contribution >= 4 is 5.97 Å². The SMILES string of the molecule is O=C(CNCC(F)(F)F)OCC1CC1. The number of carbonyl (C=O) groups is 1. The monoisotopic (exact) mass is 211 g/mol. The van der Waals surface area contributed by atoms with Gasteiger partial charge in [-0.05, 0) is 18.8 Å². The molecule has 0 heterocycles. The van der Waals surface area contributed by atoms with Crippen molar-refractivity contribution in [1.29, 1.82) is 0 Å². The number of nitrogens with one attached hydrogen (secondary N) is 1. The van der Waals surface area contributed by atoms with Crippen LogP contribution in [0.1, 0.15) is 12.8 Å². The Labute approximate surface area is 79.6 Å². The molecule has 0 bridgehead atoms. The van der Waals surface area contributed by atoms with E-state index in [0.717, 1.165) is 12.8 Å². The van der Waals surface area contributed by atoms with Crippen LogP contribution in [0.2, 0.25) is 0 Å². The van der Waals surface area contributed by atoms with E-state index in [9.17, 15) is 18.0 Å². The summed E-state index contributed by atoms with van der Waals surface area (Å²) in [6.07, 6.45) is -2.19. The maximum Gasteiger partial charge on any atom is 0.401 e. The molecule has 0 atom stereocenters. The van der Waals surface area contributed by atoms with Gasteiger partial charge in [-0.25, -0.2) is 0 Å². The highest BCUT2D eigenvalue weighted by atomic mass is 19.4. The number of hydrogen-bond acceptors (Lipinski definition) is 3. The minimum Gasteiger partial charge on any atom is -0.464 e. The van der Waals surface area contributed by atoms with Gasteiger partial charge in [-0.3, -0.25) is 10.1 Å². The van der Waals surface area contributed by atoms with E-state index in [1.165, 1.54) is 0 Å². The van der Waals surface area contributed by atoms with Crippen LogP contribution in [0.25, 0.3) is 0 Å². The molecule has 1 saturated carbocycles. The molecule has 14 heavy (non-hydrogen) atoms. The molecule has 82 valence electrons. The van der Waals surface area contributed by atoms with E-state index in [4.69, 9.17) is 4.74 Å². The minimum atomic E-state index is -4.28. The summed E-state index contributed by atoms with van der Waals surface area (Å²) < 4.78 is 39.6. The zero-order valence-electron chi connectivity index (χ0n) is 7.56. The van der Waals surface area contributed by atoms with E-state index in [-0.39, 0.29) is 6.54 Å². The van der Waals surface area contributed by atoms with Gasteiger partial charge in [0.05, 0.1) is 19.7 Å². The number of carbonyl (C=O) groups excluding carboxylic acids is 1. The largest absolute Gasteiger partial charge is 0.464 e. The Balaban J connectivity index is 1.96. The summed E-state index contributed by atoms with van der Waals surface area (Å²) >= 11 is 0. The lowest BCUT2D eigenvalue weighted by atomic mass is 10.5. The first-order valence-electron chi connectivity index (χ1n) is 4.40. The Morgan fingerprint density at radius 3 is 2.57 bits per heavy atom. The van der Waals surface area contributed by atoms with Gasteiger partial charge < -0.3 is 4.74 Å². The van der Waals surface area contributed by atoms with Gasteiger partial charge in [0.15, 0.2) is 0 Å². The molecule has 1 rings (SSSR count). The molecule has 1 N–H and O–H groups in total. The van der Waals surface area contributed by atoms with E-state index in [1.54, 1.807) is 0 Å². The van der Waals surface area contributed by atoms with Crippen LogP contribution >= 0.6 is 0 Å². The van der Waals surface area contributed by atoms with Crippen LogP contribution in [-0.4, -0.2) is 31.8 Å². The molecule has 0 aromatic rings. The van der Waals surface area contributed by atoms with Gasteiger partial charge in [0, 0.05) is 0 Å². The van der Waals surface area contributed by atoms with Crippen LogP contribution in [-0.2, 0) is 9.53 Å². The first-order chi connectivity index (χ1) is 6.47. The lowest BCUT2D eigenvalue weighted by Gasteiger charge is -2.07. The number of ether oxygens (including phenoxy) is 1. The first kappa shape index (κ1) is 11.3. The molecule has 0 spiro atoms. The van der Waals surface area contributed by atoms with E-state index in [2.05, 4.69) is 0 Å². The van der Waals surface area contributed by atoms with Crippen molar-refractivity contribution in [1.82, 2.24) is 5.32 Å². The normalized spacial score (nSPS) is 16.8. The molecular formula is C8H12F3NO2. The Kier molecular flexibility index (Phi) is 3.74. The van der Waals surface area contributed by atoms with Crippen molar-refractivity contribution in [2.45, 2.75) is 19.0 Å². The topological polar surface area (TPSA) is 38.3 Å². The molecule has 1 aliphatic carbocycles. The summed E-state index contributed by atoms with van der Waals surface area (Å²) in [7, 11) is 0. The van der Waals surface area contributed by atoms with E-state index >= 15 is 0 Å². The second kappa shape index (κ2) is 4.63. The van der Waals surface area contributed by atoms with Gasteiger partial charge >= 0.3 is 12.1 Å². The van der Waals surface area contributed by atoms with Gasteiger partial charge in [-0.2, -0.15) is 13.2 Å². The number of esters is 1. The lowest BCUT2D eigenvalue weighted by molar-refractivity contribution is -0.145. The zero-order chi connectivity index (χ0) is 10.6. The highest BCUT2D eigenvalue weighted by Crippen LogP contribution is 2.28. The Morgan fingerprint density at radius 1 is 1.43 bits per heavy atom. The summed E-state index contributed by atoms with van der Waals surface area (Å²) in [4.78, 5) is 10.8. The summed E-state index contributed by atoms with van der Waals surface area (Å²) in [5.41, 5.74) is 0. The standard InChI is InChI=1S/C8H12F3NO2/c9-8(10,11)5-12-3-7(13)14-4-6-1-2-6/h6,12H,1-5H2. The van der Waals surface area contributed by atoms with Gasteiger partial charge in [-0.15, -0.1) is 0 Å². The predicted octanol–water partition coefficient (Wildman–Crippen LogP) is 1.09. The van der Waals surface area contributed by atoms with Crippen LogP contribution in [0.5, 0.6) is 0 Å². The third-order valence-electron chi connectivity index (χ3n) is 1.77. The number of halogens is 3. The van der Waals surface area contributed by atoms with Gasteiger partial charge in [0.1, 0.15) is 0 Å². The average molecular weight is 211 g/mol. The molecular weight excluding hydrogens is 199 g/mol. The number of alkyl halides is 3. The molecule has 0 aromatic heterocycles. The third kappa shape index (κ3) is 5.80. The van der Waals surface area contributed by atoms with Crippen molar-refractivity contribution < 1.29 is 22.7 Å². The molecule has 3 nitrogen and oxygen atoms in total. The molecule has 1 aliphatic rings. The van der Waals surface area contributed by atoms with Crippen molar-refractivity contribution in [2.75, 3.05) is 19.7 Å². The smallest absolute Gasteiger partial charge is 0.401 e. The number of rotatable bonds is 5. The fraction of sp³-hybridized carbons (Fsp3) is 0.875. The molecule has 0 saturated heterocycles. The predicted molar refractivity (Wildman–Crippen MR) is 42.6 cm³/mol. The van der Waals surface area contributed by atoms with Crippen LogP contribution in [0.3, 0.4) is 0 Å². The van der Waals surface area contributed by atoms with E-state index < -0.39 is 18.7 Å². The highest BCUT2D eigenvalue weighted by molar-refractivity contribution is 5.71. The molecule has 0 unspecified atom stereocenters. The molecule has 1 fully saturated rings. The van der Waals surface area contributed by atoms with Gasteiger partial charge in [0.25, 0.3) is 0 Å². The first-order valence-corrected chi connectivity index (χ1v) is 4.40. The maximum atomic E-state index is 11.6. The lowest BCUT2D eigenvalue weighted by Crippen LogP contribution is -2.33. The van der Waals surface area contributed by atoms with Crippen LogP contribution in [0, 0.1) is 5.92 Å². The second-order valence-corrected chi connectivity index (χ2v) is 3.35. The van der Waals surface area contributed by atoms with Crippen LogP contribution in [0.15, 0.2) is 0 Å². The molecule has 0 amide bonds. The fourth-order valence-corrected chi connectivity index (χ4v) is 0.853. The van der Waals surface area contributed by atoms with Crippen molar-refractivity contribution in [3.63, 3.8) is 0 Å².